The Kier molecular flexibility index (Phi) is 6.79. The molecule has 0 bridgehead atoms. The van der Waals surface area contributed by atoms with Crippen molar-refractivity contribution in [3.63, 3.8) is 0 Å². The van der Waals surface area contributed by atoms with E-state index in [1.807, 2.05) is 42.5 Å². The number of hydrogen-bond acceptors (Lipinski definition) is 7. The van der Waals surface area contributed by atoms with E-state index in [9.17, 15) is 4.79 Å². The molecule has 2 aromatic carbocycles. The molecule has 1 amide bonds. The molecular formula is C22H24N4O3S. The topological polar surface area (TPSA) is 75.7 Å². The number of hydrogen-bond donors (Lipinski definition) is 2. The van der Waals surface area contributed by atoms with E-state index in [-0.39, 0.29) is 5.91 Å². The summed E-state index contributed by atoms with van der Waals surface area (Å²) in [6.45, 7) is 4.17. The van der Waals surface area contributed by atoms with E-state index in [4.69, 9.17) is 9.47 Å². The van der Waals surface area contributed by atoms with Gasteiger partial charge in [0.05, 0.1) is 19.8 Å². The molecule has 3 aromatic rings. The van der Waals surface area contributed by atoms with E-state index in [0.29, 0.717) is 24.0 Å². The van der Waals surface area contributed by atoms with Gasteiger partial charge in [-0.15, -0.1) is 11.3 Å². The molecule has 0 spiro atoms. The highest BCUT2D eigenvalue weighted by atomic mass is 32.1. The number of anilines is 3. The molecule has 1 fully saturated rings. The van der Waals surface area contributed by atoms with Gasteiger partial charge in [-0.1, -0.05) is 18.2 Å². The zero-order valence-corrected chi connectivity index (χ0v) is 17.4. The highest BCUT2D eigenvalue weighted by molar-refractivity contribution is 7.14. The second-order valence-corrected chi connectivity index (χ2v) is 7.58. The van der Waals surface area contributed by atoms with Crippen molar-refractivity contribution in [2.75, 3.05) is 49.7 Å². The summed E-state index contributed by atoms with van der Waals surface area (Å²) in [7, 11) is 0. The predicted molar refractivity (Wildman–Crippen MR) is 119 cm³/mol. The van der Waals surface area contributed by atoms with Crippen molar-refractivity contribution >= 4 is 33.8 Å². The van der Waals surface area contributed by atoms with Crippen molar-refractivity contribution in [2.24, 2.45) is 0 Å². The summed E-state index contributed by atoms with van der Waals surface area (Å²) in [5.41, 5.74) is 2.51. The van der Waals surface area contributed by atoms with Gasteiger partial charge in [0, 0.05) is 29.8 Å². The zero-order chi connectivity index (χ0) is 20.6. The first-order chi connectivity index (χ1) is 14.8. The number of thiazole rings is 1. The van der Waals surface area contributed by atoms with Crippen LogP contribution in [0.3, 0.4) is 0 Å². The van der Waals surface area contributed by atoms with Gasteiger partial charge in [0.2, 0.25) is 0 Å². The first-order valence-electron chi connectivity index (χ1n) is 9.89. The highest BCUT2D eigenvalue weighted by Gasteiger charge is 2.12. The molecule has 0 saturated carbocycles. The lowest BCUT2D eigenvalue weighted by Gasteiger charge is -2.28. The van der Waals surface area contributed by atoms with Gasteiger partial charge >= 0.3 is 0 Å². The number of morpholine rings is 1. The summed E-state index contributed by atoms with van der Waals surface area (Å²) in [4.78, 5) is 19.0. The fourth-order valence-electron chi connectivity index (χ4n) is 3.08. The molecule has 8 heteroatoms. The third kappa shape index (κ3) is 5.49. The lowest BCUT2D eigenvalue weighted by molar-refractivity contribution is 0.0943. The Morgan fingerprint density at radius 3 is 2.63 bits per heavy atom. The lowest BCUT2D eigenvalue weighted by Crippen LogP contribution is -2.36. The van der Waals surface area contributed by atoms with Crippen LogP contribution < -0.4 is 20.3 Å². The SMILES string of the molecule is O=C(NCCOc1ccccc1)c1csc(Nc2ccc(N3CCOCC3)cc2)n1. The molecule has 156 valence electrons. The van der Waals surface area contributed by atoms with Crippen molar-refractivity contribution in [2.45, 2.75) is 0 Å². The van der Waals surface area contributed by atoms with E-state index in [1.54, 1.807) is 5.38 Å². The van der Waals surface area contributed by atoms with Gasteiger partial charge in [-0.05, 0) is 36.4 Å². The van der Waals surface area contributed by atoms with Crippen LogP contribution in [0.25, 0.3) is 0 Å². The maximum atomic E-state index is 12.3. The molecule has 1 aromatic heterocycles. The van der Waals surface area contributed by atoms with Crippen molar-refractivity contribution in [1.82, 2.24) is 10.3 Å². The van der Waals surface area contributed by atoms with Crippen molar-refractivity contribution < 1.29 is 14.3 Å². The van der Waals surface area contributed by atoms with E-state index < -0.39 is 0 Å². The lowest BCUT2D eigenvalue weighted by atomic mass is 10.2. The third-order valence-electron chi connectivity index (χ3n) is 4.63. The third-order valence-corrected chi connectivity index (χ3v) is 5.39. The summed E-state index contributed by atoms with van der Waals surface area (Å²) in [6, 6.07) is 17.7. The zero-order valence-electron chi connectivity index (χ0n) is 16.5. The first-order valence-corrected chi connectivity index (χ1v) is 10.8. The number of rotatable bonds is 8. The Morgan fingerprint density at radius 2 is 1.87 bits per heavy atom. The van der Waals surface area contributed by atoms with Crippen LogP contribution in [0.5, 0.6) is 5.75 Å². The van der Waals surface area contributed by atoms with Gasteiger partial charge in [-0.3, -0.25) is 4.79 Å². The predicted octanol–water partition coefficient (Wildman–Crippen LogP) is 3.53. The normalized spacial score (nSPS) is 13.7. The van der Waals surface area contributed by atoms with E-state index >= 15 is 0 Å². The van der Waals surface area contributed by atoms with Gasteiger partial charge in [0.25, 0.3) is 5.91 Å². The van der Waals surface area contributed by atoms with Crippen LogP contribution in [-0.2, 0) is 4.74 Å². The average Bonchev–Trinajstić information content (AvgIpc) is 3.27. The molecule has 1 aliphatic heterocycles. The van der Waals surface area contributed by atoms with Crippen LogP contribution >= 0.6 is 11.3 Å². The largest absolute Gasteiger partial charge is 0.492 e. The second kappa shape index (κ2) is 10.1. The summed E-state index contributed by atoms with van der Waals surface area (Å²) >= 11 is 1.40. The molecule has 7 nitrogen and oxygen atoms in total. The Hall–Kier alpha value is -3.10. The van der Waals surface area contributed by atoms with Crippen LogP contribution in [0.15, 0.2) is 60.0 Å². The van der Waals surface area contributed by atoms with Gasteiger partial charge in [-0.25, -0.2) is 4.98 Å². The molecule has 0 atom stereocenters. The Labute approximate surface area is 179 Å². The number of amides is 1. The summed E-state index contributed by atoms with van der Waals surface area (Å²) in [5, 5.41) is 8.51. The number of aromatic nitrogens is 1. The quantitative estimate of drug-likeness (QED) is 0.539. The second-order valence-electron chi connectivity index (χ2n) is 6.73. The van der Waals surface area contributed by atoms with Crippen molar-refractivity contribution in [3.8, 4) is 5.75 Å². The average molecular weight is 425 g/mol. The van der Waals surface area contributed by atoms with Gasteiger partial charge in [0.1, 0.15) is 18.1 Å². The number of carbonyl (C=O) groups is 1. The number of carbonyl (C=O) groups excluding carboxylic acids is 1. The molecule has 1 saturated heterocycles. The molecule has 1 aliphatic rings. The summed E-state index contributed by atoms with van der Waals surface area (Å²) < 4.78 is 11.0. The molecule has 30 heavy (non-hydrogen) atoms. The number of para-hydroxylation sites is 1. The molecule has 2 heterocycles. The summed E-state index contributed by atoms with van der Waals surface area (Å²) in [6.07, 6.45) is 0. The minimum atomic E-state index is -0.210. The van der Waals surface area contributed by atoms with Crippen molar-refractivity contribution in [1.29, 1.82) is 0 Å². The first kappa shape index (κ1) is 20.2. The molecule has 0 aliphatic carbocycles. The van der Waals surface area contributed by atoms with Crippen LogP contribution in [0.4, 0.5) is 16.5 Å². The number of ether oxygens (including phenoxy) is 2. The number of nitrogens with one attached hydrogen (secondary N) is 2. The Balaban J connectivity index is 1.24. The maximum absolute atomic E-state index is 12.3. The fourth-order valence-corrected chi connectivity index (χ4v) is 3.79. The molecule has 2 N–H and O–H groups in total. The fraction of sp³-hybridized carbons (Fsp3) is 0.273. The van der Waals surface area contributed by atoms with Crippen LogP contribution in [-0.4, -0.2) is 50.3 Å². The standard InChI is InChI=1S/C22H24N4O3S/c27-21(23-10-13-29-19-4-2-1-3-5-19)20-16-30-22(25-20)24-17-6-8-18(9-7-17)26-11-14-28-15-12-26/h1-9,16H,10-15H2,(H,23,27)(H,24,25). The van der Waals surface area contributed by atoms with Crippen LogP contribution in [0.1, 0.15) is 10.5 Å². The van der Waals surface area contributed by atoms with Crippen LogP contribution in [0, 0.1) is 0 Å². The molecular weight excluding hydrogens is 400 g/mol. The molecule has 0 unspecified atom stereocenters. The van der Waals surface area contributed by atoms with Crippen molar-refractivity contribution in [3.05, 3.63) is 65.7 Å². The van der Waals surface area contributed by atoms with Gasteiger partial charge in [0.15, 0.2) is 5.13 Å². The molecule has 0 radical (unpaired) electrons. The number of nitrogens with zero attached hydrogens (tertiary/aromatic N) is 2. The number of benzene rings is 2. The Morgan fingerprint density at radius 1 is 1.10 bits per heavy atom. The summed E-state index contributed by atoms with van der Waals surface area (Å²) in [5.74, 6) is 0.574. The van der Waals surface area contributed by atoms with Gasteiger partial charge < -0.3 is 25.0 Å². The maximum Gasteiger partial charge on any atom is 0.270 e. The Bertz CT molecular complexity index is 941. The minimum Gasteiger partial charge on any atom is -0.492 e. The minimum absolute atomic E-state index is 0.210. The molecule has 4 rings (SSSR count). The van der Waals surface area contributed by atoms with E-state index in [0.717, 1.165) is 37.7 Å². The van der Waals surface area contributed by atoms with Gasteiger partial charge in [-0.2, -0.15) is 0 Å². The smallest absolute Gasteiger partial charge is 0.270 e. The highest BCUT2D eigenvalue weighted by Crippen LogP contribution is 2.24. The van der Waals surface area contributed by atoms with E-state index in [1.165, 1.54) is 17.0 Å². The monoisotopic (exact) mass is 424 g/mol. The van der Waals surface area contributed by atoms with E-state index in [2.05, 4.69) is 32.7 Å². The van der Waals surface area contributed by atoms with Crippen LogP contribution in [0.2, 0.25) is 0 Å².